The van der Waals surface area contributed by atoms with Crippen LogP contribution in [0, 0.1) is 0 Å². The number of ether oxygens (including phenoxy) is 2. The lowest BCUT2D eigenvalue weighted by molar-refractivity contribution is 0.0805. The molecule has 1 heterocycles. The van der Waals surface area contributed by atoms with E-state index in [1.54, 1.807) is 4.98 Å². The number of nitrogens with one attached hydrogen (secondary N) is 2. The van der Waals surface area contributed by atoms with Crippen molar-refractivity contribution in [2.45, 2.75) is 75.2 Å². The van der Waals surface area contributed by atoms with Gasteiger partial charge in [-0.3, -0.25) is 9.78 Å². The highest BCUT2D eigenvalue weighted by Gasteiger charge is 2.43. The summed E-state index contributed by atoms with van der Waals surface area (Å²) in [4.78, 5) is 25.4. The van der Waals surface area contributed by atoms with Gasteiger partial charge in [0.05, 0.1) is 22.8 Å². The maximum atomic E-state index is 13.4. The number of benzene rings is 2. The molecule has 0 saturated heterocycles. The second kappa shape index (κ2) is 12.5. The average molecular weight is 694 g/mol. The second-order valence-corrected chi connectivity index (χ2v) is 19.1. The van der Waals surface area contributed by atoms with Crippen LogP contribution >= 0.6 is 23.2 Å². The van der Waals surface area contributed by atoms with E-state index < -0.39 is 41.7 Å². The van der Waals surface area contributed by atoms with Crippen LogP contribution in [0.1, 0.15) is 45.7 Å². The van der Waals surface area contributed by atoms with Gasteiger partial charge in [0.1, 0.15) is 16.4 Å². The molecule has 1 aliphatic rings. The number of methoxy groups -OCH3 is 1. The average Bonchev–Trinajstić information content (AvgIpc) is 2.88. The Labute approximate surface area is 263 Å². The van der Waals surface area contributed by atoms with Crippen LogP contribution in [0.4, 0.5) is 8.78 Å². The van der Waals surface area contributed by atoms with E-state index in [0.29, 0.717) is 17.5 Å². The van der Waals surface area contributed by atoms with Crippen molar-refractivity contribution in [3.8, 4) is 22.9 Å². The van der Waals surface area contributed by atoms with Gasteiger partial charge >= 0.3 is 5.69 Å². The Morgan fingerprint density at radius 1 is 1.11 bits per heavy atom. The Balaban J connectivity index is 1.55. The zero-order valence-electron chi connectivity index (χ0n) is 24.7. The highest BCUT2D eigenvalue weighted by atomic mass is 35.5. The molecule has 1 fully saturated rings. The summed E-state index contributed by atoms with van der Waals surface area (Å²) in [6.45, 7) is 10.7. The molecule has 1 saturated carbocycles. The number of alkyl halides is 2. The molecule has 240 valence electrons. The van der Waals surface area contributed by atoms with Crippen molar-refractivity contribution in [2.75, 3.05) is 7.11 Å². The van der Waals surface area contributed by atoms with E-state index in [4.69, 9.17) is 37.1 Å². The number of H-pyrrole nitrogens is 1. The van der Waals surface area contributed by atoms with E-state index >= 15 is 0 Å². The van der Waals surface area contributed by atoms with E-state index in [1.165, 1.54) is 25.3 Å². The number of aromatic amines is 1. The molecule has 17 heteroatoms. The van der Waals surface area contributed by atoms with Gasteiger partial charge in [0.15, 0.2) is 19.8 Å². The molecule has 0 aliphatic heterocycles. The molecule has 44 heavy (non-hydrogen) atoms. The summed E-state index contributed by atoms with van der Waals surface area (Å²) in [5, 5.41) is 3.13. The first-order chi connectivity index (χ1) is 20.3. The quantitative estimate of drug-likeness (QED) is 0.254. The van der Waals surface area contributed by atoms with Gasteiger partial charge in [0.2, 0.25) is 10.0 Å². The largest absolute Gasteiger partial charge is 0.495 e. The van der Waals surface area contributed by atoms with Crippen LogP contribution in [-0.4, -0.2) is 50.8 Å². The van der Waals surface area contributed by atoms with Gasteiger partial charge in [-0.25, -0.2) is 26.7 Å². The lowest BCUT2D eigenvalue weighted by Crippen LogP contribution is -2.53. The summed E-state index contributed by atoms with van der Waals surface area (Å²) >= 11 is 12.7. The Morgan fingerprint density at radius 3 is 2.27 bits per heavy atom. The fourth-order valence-corrected chi connectivity index (χ4v) is 7.56. The van der Waals surface area contributed by atoms with Gasteiger partial charge in [0, 0.05) is 18.2 Å². The standard InChI is InChI=1S/C27H32Cl2F2N4O7SSi/c1-27(2,3)44(5,6)42-17-9-14(10-17)34-43(38,39)21-13-16(7-8-20(21)40-4)41-23-18(28)11-15(12-19(23)29)35-26(37)32-25(36)22(33-35)24(30)31/h7-8,11-14,17,24,34H,9-10H2,1-6H3,(H,32,36,37). The van der Waals surface area contributed by atoms with Crippen LogP contribution < -0.4 is 25.4 Å². The molecule has 0 spiro atoms. The molecule has 11 nitrogen and oxygen atoms in total. The number of hydrogen-bond donors (Lipinski definition) is 2. The number of sulfonamides is 1. The molecule has 0 bridgehead atoms. The third-order valence-electron chi connectivity index (χ3n) is 7.62. The van der Waals surface area contributed by atoms with Gasteiger partial charge < -0.3 is 13.9 Å². The second-order valence-electron chi connectivity index (χ2n) is 11.8. The van der Waals surface area contributed by atoms with Crippen molar-refractivity contribution in [3.05, 3.63) is 66.9 Å². The van der Waals surface area contributed by atoms with Gasteiger partial charge in [0.25, 0.3) is 12.0 Å². The fraction of sp³-hybridized carbons (Fsp3) is 0.444. The van der Waals surface area contributed by atoms with E-state index in [0.717, 1.165) is 12.1 Å². The van der Waals surface area contributed by atoms with Crippen molar-refractivity contribution in [3.63, 3.8) is 0 Å². The van der Waals surface area contributed by atoms with Crippen LogP contribution in [0.5, 0.6) is 17.2 Å². The van der Waals surface area contributed by atoms with Crippen molar-refractivity contribution in [2.24, 2.45) is 0 Å². The summed E-state index contributed by atoms with van der Waals surface area (Å²) < 4.78 is 73.8. The van der Waals surface area contributed by atoms with Crippen molar-refractivity contribution < 1.29 is 31.1 Å². The molecule has 4 rings (SSSR count). The maximum absolute atomic E-state index is 13.4. The lowest BCUT2D eigenvalue weighted by atomic mass is 9.91. The number of aromatic nitrogens is 3. The first-order valence-corrected chi connectivity index (χ1v) is 18.5. The normalized spacial score (nSPS) is 17.4. The topological polar surface area (TPSA) is 142 Å². The maximum Gasteiger partial charge on any atom is 0.349 e. The zero-order valence-corrected chi connectivity index (χ0v) is 28.0. The van der Waals surface area contributed by atoms with Crippen LogP contribution in [0.3, 0.4) is 0 Å². The molecule has 0 radical (unpaired) electrons. The van der Waals surface area contributed by atoms with Crippen LogP contribution in [0.15, 0.2) is 44.8 Å². The van der Waals surface area contributed by atoms with Crippen LogP contribution in [0.2, 0.25) is 28.2 Å². The number of halogens is 4. The minimum absolute atomic E-state index is 0.0310. The van der Waals surface area contributed by atoms with Crippen molar-refractivity contribution >= 4 is 41.5 Å². The van der Waals surface area contributed by atoms with Crippen LogP contribution in [0.25, 0.3) is 5.69 Å². The van der Waals surface area contributed by atoms with E-state index in [1.807, 2.05) is 0 Å². The summed E-state index contributed by atoms with van der Waals surface area (Å²) in [7, 11) is -4.72. The molecule has 0 atom stereocenters. The minimum Gasteiger partial charge on any atom is -0.495 e. The predicted molar refractivity (Wildman–Crippen MR) is 164 cm³/mol. The summed E-state index contributed by atoms with van der Waals surface area (Å²) in [6, 6.07) is 6.08. The highest BCUT2D eigenvalue weighted by Crippen LogP contribution is 2.42. The Bertz CT molecular complexity index is 1770. The first-order valence-electron chi connectivity index (χ1n) is 13.4. The van der Waals surface area contributed by atoms with E-state index in [9.17, 15) is 26.8 Å². The molecule has 1 aromatic heterocycles. The summed E-state index contributed by atoms with van der Waals surface area (Å²) in [6.07, 6.45) is -2.20. The first kappa shape index (κ1) is 34.1. The molecular formula is C27H32Cl2F2N4O7SSi. The van der Waals surface area contributed by atoms with Crippen LogP contribution in [-0.2, 0) is 14.4 Å². The van der Waals surface area contributed by atoms with Crippen molar-refractivity contribution in [1.82, 2.24) is 19.5 Å². The minimum atomic E-state index is -4.06. The molecule has 0 amide bonds. The van der Waals surface area contributed by atoms with Crippen molar-refractivity contribution in [1.29, 1.82) is 0 Å². The SMILES string of the molecule is COc1ccc(Oc2c(Cl)cc(-n3nc(C(F)F)c(=O)[nH]c3=O)cc2Cl)cc1S(=O)(=O)NC1CC(O[Si](C)(C)C(C)(C)C)C1. The zero-order chi connectivity index (χ0) is 32.8. The van der Waals surface area contributed by atoms with Gasteiger partial charge in [-0.15, -0.1) is 0 Å². The monoisotopic (exact) mass is 692 g/mol. The Hall–Kier alpha value is -2.82. The smallest absolute Gasteiger partial charge is 0.349 e. The Kier molecular flexibility index (Phi) is 9.69. The molecular weight excluding hydrogens is 661 g/mol. The Morgan fingerprint density at radius 2 is 1.73 bits per heavy atom. The third kappa shape index (κ3) is 7.18. The molecule has 2 N–H and O–H groups in total. The molecule has 2 aromatic carbocycles. The van der Waals surface area contributed by atoms with E-state index in [-0.39, 0.29) is 55.1 Å². The van der Waals surface area contributed by atoms with E-state index in [2.05, 4.69) is 43.7 Å². The predicted octanol–water partition coefficient (Wildman–Crippen LogP) is 5.80. The molecule has 3 aromatic rings. The van der Waals surface area contributed by atoms with Gasteiger partial charge in [-0.1, -0.05) is 44.0 Å². The number of nitrogens with zero attached hydrogens (tertiary/aromatic N) is 2. The molecule has 0 unspecified atom stereocenters. The van der Waals surface area contributed by atoms with Gasteiger partial charge in [-0.05, 0) is 55.2 Å². The fourth-order valence-electron chi connectivity index (χ4n) is 4.18. The molecule has 1 aliphatic carbocycles. The third-order valence-corrected chi connectivity index (χ3v) is 14.3. The summed E-state index contributed by atoms with van der Waals surface area (Å²) in [5.41, 5.74) is -3.72. The lowest BCUT2D eigenvalue weighted by Gasteiger charge is -2.44. The highest BCUT2D eigenvalue weighted by molar-refractivity contribution is 7.89. The number of hydrogen-bond acceptors (Lipinski definition) is 8. The van der Waals surface area contributed by atoms with Gasteiger partial charge in [-0.2, -0.15) is 9.78 Å². The summed E-state index contributed by atoms with van der Waals surface area (Å²) in [5.74, 6) is -0.00587. The number of rotatable bonds is 10.